The van der Waals surface area contributed by atoms with Gasteiger partial charge in [-0.25, -0.2) is 4.79 Å². The SMILES string of the molecule is CCc1ccc(NC(=O)COC(=O)c2cccc(N3C(=O)[C@@H]4C[C@@H](Cl)[C@@H](Cl)C[C@H]4C3=O)c2)cc1. The molecule has 2 fully saturated rings. The van der Waals surface area contributed by atoms with Gasteiger partial charge in [-0.15, -0.1) is 23.2 Å². The Bertz CT molecular complexity index is 1090. The zero-order valence-corrected chi connectivity index (χ0v) is 20.0. The molecule has 1 N–H and O–H groups in total. The molecule has 0 spiro atoms. The molecule has 1 aliphatic carbocycles. The molecule has 4 rings (SSSR count). The van der Waals surface area contributed by atoms with Gasteiger partial charge in [0.25, 0.3) is 5.91 Å². The number of carbonyl (C=O) groups excluding carboxylic acids is 4. The third kappa shape index (κ3) is 4.95. The van der Waals surface area contributed by atoms with Gasteiger partial charge >= 0.3 is 5.97 Å². The standard InChI is InChI=1S/C25H24Cl2N2O5/c1-2-14-6-8-16(9-7-14)28-22(30)13-34-25(33)15-4-3-5-17(10-15)29-23(31)18-11-20(26)21(27)12-19(18)24(29)32/h3-10,18-21H,2,11-13H2,1H3,(H,28,30)/t18-,19-,20-,21+/m1/s1. The number of hydrogen-bond acceptors (Lipinski definition) is 5. The molecule has 7 nitrogen and oxygen atoms in total. The van der Waals surface area contributed by atoms with Crippen molar-refractivity contribution in [1.29, 1.82) is 0 Å². The van der Waals surface area contributed by atoms with E-state index in [-0.39, 0.29) is 33.8 Å². The van der Waals surface area contributed by atoms with Crippen LogP contribution in [-0.2, 0) is 25.5 Å². The quantitative estimate of drug-likeness (QED) is 0.363. The molecule has 0 radical (unpaired) electrons. The number of nitrogens with one attached hydrogen (secondary N) is 1. The van der Waals surface area contributed by atoms with E-state index in [2.05, 4.69) is 5.32 Å². The first-order valence-electron chi connectivity index (χ1n) is 11.1. The van der Waals surface area contributed by atoms with Crippen molar-refractivity contribution in [3.63, 3.8) is 0 Å². The number of nitrogens with zero attached hydrogens (tertiary/aromatic N) is 1. The van der Waals surface area contributed by atoms with Crippen molar-refractivity contribution in [2.45, 2.75) is 36.9 Å². The number of amides is 3. The van der Waals surface area contributed by atoms with Crippen LogP contribution in [-0.4, -0.2) is 41.1 Å². The summed E-state index contributed by atoms with van der Waals surface area (Å²) in [6, 6.07) is 13.4. The van der Waals surface area contributed by atoms with E-state index in [0.29, 0.717) is 18.5 Å². The minimum Gasteiger partial charge on any atom is -0.452 e. The molecule has 2 aromatic rings. The van der Waals surface area contributed by atoms with Crippen molar-refractivity contribution in [2.75, 3.05) is 16.8 Å². The van der Waals surface area contributed by atoms with E-state index in [1.165, 1.54) is 12.1 Å². The number of hydrogen-bond donors (Lipinski definition) is 1. The fourth-order valence-electron chi connectivity index (χ4n) is 4.36. The van der Waals surface area contributed by atoms with Crippen LogP contribution in [0.25, 0.3) is 0 Å². The summed E-state index contributed by atoms with van der Waals surface area (Å²) in [5.41, 5.74) is 2.14. The molecule has 0 bridgehead atoms. The molecule has 1 aliphatic heterocycles. The van der Waals surface area contributed by atoms with Gasteiger partial charge in [0.1, 0.15) is 0 Å². The molecule has 1 saturated heterocycles. The second kappa shape index (κ2) is 10.2. The Morgan fingerprint density at radius 1 is 1.00 bits per heavy atom. The lowest BCUT2D eigenvalue weighted by Gasteiger charge is -2.28. The number of alkyl halides is 2. The summed E-state index contributed by atoms with van der Waals surface area (Å²) in [6.45, 7) is 1.56. The van der Waals surface area contributed by atoms with Gasteiger partial charge in [-0.2, -0.15) is 0 Å². The van der Waals surface area contributed by atoms with Crippen molar-refractivity contribution >= 4 is 58.3 Å². The number of carbonyl (C=O) groups is 4. The summed E-state index contributed by atoms with van der Waals surface area (Å²) >= 11 is 12.4. The summed E-state index contributed by atoms with van der Waals surface area (Å²) in [4.78, 5) is 51.7. The van der Waals surface area contributed by atoms with Gasteiger partial charge in [-0.1, -0.05) is 25.1 Å². The maximum atomic E-state index is 12.9. The fraction of sp³-hybridized carbons (Fsp3) is 0.360. The molecule has 178 valence electrons. The summed E-state index contributed by atoms with van der Waals surface area (Å²) in [7, 11) is 0. The summed E-state index contributed by atoms with van der Waals surface area (Å²) in [5.74, 6) is -2.94. The maximum absolute atomic E-state index is 12.9. The van der Waals surface area contributed by atoms with Crippen LogP contribution in [0.4, 0.5) is 11.4 Å². The number of halogens is 2. The Labute approximate surface area is 207 Å². The molecule has 2 aliphatic rings. The number of anilines is 2. The van der Waals surface area contributed by atoms with E-state index in [0.717, 1.165) is 16.9 Å². The highest BCUT2D eigenvalue weighted by molar-refractivity contribution is 6.31. The monoisotopic (exact) mass is 502 g/mol. The number of rotatable bonds is 6. The van der Waals surface area contributed by atoms with Crippen LogP contribution in [0.5, 0.6) is 0 Å². The maximum Gasteiger partial charge on any atom is 0.338 e. The lowest BCUT2D eigenvalue weighted by atomic mass is 9.80. The smallest absolute Gasteiger partial charge is 0.338 e. The number of fused-ring (bicyclic) bond motifs is 1. The number of aryl methyl sites for hydroxylation is 1. The lowest BCUT2D eigenvalue weighted by molar-refractivity contribution is -0.122. The second-order valence-electron chi connectivity index (χ2n) is 8.45. The molecule has 3 amide bonds. The Morgan fingerprint density at radius 2 is 1.62 bits per heavy atom. The van der Waals surface area contributed by atoms with Crippen molar-refractivity contribution in [1.82, 2.24) is 0 Å². The fourth-order valence-corrected chi connectivity index (χ4v) is 4.95. The first-order chi connectivity index (χ1) is 16.3. The van der Waals surface area contributed by atoms with Crippen LogP contribution in [0.2, 0.25) is 0 Å². The Morgan fingerprint density at radius 3 is 2.21 bits per heavy atom. The van der Waals surface area contributed by atoms with E-state index in [1.54, 1.807) is 24.3 Å². The molecule has 34 heavy (non-hydrogen) atoms. The third-order valence-electron chi connectivity index (χ3n) is 6.23. The minimum atomic E-state index is -0.739. The first-order valence-corrected chi connectivity index (χ1v) is 12.0. The molecule has 2 aromatic carbocycles. The normalized spacial score (nSPS) is 24.0. The van der Waals surface area contributed by atoms with Gasteiger partial charge < -0.3 is 10.1 Å². The Kier molecular flexibility index (Phi) is 7.24. The number of ether oxygens (including phenoxy) is 1. The largest absolute Gasteiger partial charge is 0.452 e. The summed E-state index contributed by atoms with van der Waals surface area (Å²) < 4.78 is 5.13. The molecule has 4 atom stereocenters. The molecular formula is C25H24Cl2N2O5. The average Bonchev–Trinajstić information content (AvgIpc) is 3.07. The molecule has 9 heteroatoms. The van der Waals surface area contributed by atoms with Crippen molar-refractivity contribution in [3.05, 3.63) is 59.7 Å². The molecule has 1 saturated carbocycles. The minimum absolute atomic E-state index is 0.124. The average molecular weight is 503 g/mol. The van der Waals surface area contributed by atoms with Crippen molar-refractivity contribution in [2.24, 2.45) is 11.8 Å². The third-order valence-corrected chi connectivity index (χ3v) is 7.33. The zero-order valence-electron chi connectivity index (χ0n) is 18.5. The van der Waals surface area contributed by atoms with E-state index in [9.17, 15) is 19.2 Å². The van der Waals surface area contributed by atoms with Crippen LogP contribution in [0, 0.1) is 11.8 Å². The van der Waals surface area contributed by atoms with E-state index >= 15 is 0 Å². The van der Waals surface area contributed by atoms with Crippen LogP contribution >= 0.6 is 23.2 Å². The molecule has 0 aromatic heterocycles. The van der Waals surface area contributed by atoms with Gasteiger partial charge in [0.2, 0.25) is 11.8 Å². The van der Waals surface area contributed by atoms with Crippen molar-refractivity contribution in [3.8, 4) is 0 Å². The number of imide groups is 1. The highest BCUT2D eigenvalue weighted by atomic mass is 35.5. The van der Waals surface area contributed by atoms with Gasteiger partial charge in [0.15, 0.2) is 6.61 Å². The Hall–Kier alpha value is -2.90. The summed E-state index contributed by atoms with van der Waals surface area (Å²) in [5, 5.41) is 1.91. The van der Waals surface area contributed by atoms with Crippen LogP contribution < -0.4 is 10.2 Å². The highest BCUT2D eigenvalue weighted by Gasteiger charge is 2.52. The van der Waals surface area contributed by atoms with Gasteiger partial charge in [0, 0.05) is 5.69 Å². The predicted octanol–water partition coefficient (Wildman–Crippen LogP) is 4.16. The predicted molar refractivity (Wildman–Crippen MR) is 129 cm³/mol. The number of esters is 1. The second-order valence-corrected chi connectivity index (χ2v) is 9.57. The van der Waals surface area contributed by atoms with Gasteiger partial charge in [0.05, 0.1) is 33.8 Å². The summed E-state index contributed by atoms with van der Waals surface area (Å²) in [6.07, 6.45) is 1.56. The number of benzene rings is 2. The van der Waals surface area contributed by atoms with E-state index in [1.807, 2.05) is 19.1 Å². The van der Waals surface area contributed by atoms with Crippen LogP contribution in [0.1, 0.15) is 35.7 Å². The molecule has 0 unspecified atom stereocenters. The first kappa shape index (κ1) is 24.2. The zero-order chi connectivity index (χ0) is 24.4. The lowest BCUT2D eigenvalue weighted by Crippen LogP contribution is -2.34. The van der Waals surface area contributed by atoms with Crippen LogP contribution in [0.3, 0.4) is 0 Å². The topological polar surface area (TPSA) is 92.8 Å². The van der Waals surface area contributed by atoms with E-state index < -0.39 is 30.3 Å². The molecule has 1 heterocycles. The molecular weight excluding hydrogens is 479 g/mol. The highest BCUT2D eigenvalue weighted by Crippen LogP contribution is 2.43. The van der Waals surface area contributed by atoms with Gasteiger partial charge in [-0.05, 0) is 55.2 Å². The van der Waals surface area contributed by atoms with Crippen LogP contribution in [0.15, 0.2) is 48.5 Å². The Balaban J connectivity index is 1.40. The van der Waals surface area contributed by atoms with Crippen molar-refractivity contribution < 1.29 is 23.9 Å². The van der Waals surface area contributed by atoms with Gasteiger partial charge in [-0.3, -0.25) is 19.3 Å². The van der Waals surface area contributed by atoms with E-state index in [4.69, 9.17) is 27.9 Å².